The van der Waals surface area contributed by atoms with Crippen LogP contribution < -0.4 is 5.32 Å². The Morgan fingerprint density at radius 1 is 1.16 bits per heavy atom. The van der Waals surface area contributed by atoms with Crippen LogP contribution in [-0.4, -0.2) is 37.6 Å². The second-order valence-corrected chi connectivity index (χ2v) is 7.17. The highest BCUT2D eigenvalue weighted by Gasteiger charge is 2.34. The zero-order valence-electron chi connectivity index (χ0n) is 14.0. The summed E-state index contributed by atoms with van der Waals surface area (Å²) in [6.07, 6.45) is 5.67. The molecular weight excluding hydrogens is 232 g/mol. The van der Waals surface area contributed by atoms with Gasteiger partial charge in [-0.05, 0) is 49.7 Å². The summed E-state index contributed by atoms with van der Waals surface area (Å²) in [5.74, 6) is 1.70. The first kappa shape index (κ1) is 17.0. The molecule has 0 aromatic carbocycles. The zero-order chi connectivity index (χ0) is 14.3. The molecule has 0 aromatic rings. The van der Waals surface area contributed by atoms with Crippen molar-refractivity contribution in [2.45, 2.75) is 60.3 Å². The second kappa shape index (κ2) is 8.26. The predicted octanol–water partition coefficient (Wildman–Crippen LogP) is 3.77. The van der Waals surface area contributed by atoms with Crippen LogP contribution >= 0.6 is 0 Å². The summed E-state index contributed by atoms with van der Waals surface area (Å²) < 4.78 is 0. The van der Waals surface area contributed by atoms with Crippen LogP contribution in [0.15, 0.2) is 0 Å². The fraction of sp³-hybridized carbons (Fsp3) is 1.00. The van der Waals surface area contributed by atoms with E-state index in [4.69, 9.17) is 0 Å². The molecule has 0 radical (unpaired) electrons. The third-order valence-corrected chi connectivity index (χ3v) is 4.84. The Labute approximate surface area is 121 Å². The van der Waals surface area contributed by atoms with Crippen molar-refractivity contribution in [3.8, 4) is 0 Å². The van der Waals surface area contributed by atoms with E-state index in [1.54, 1.807) is 0 Å². The Hall–Kier alpha value is -0.0800. The highest BCUT2D eigenvalue weighted by molar-refractivity contribution is 4.89. The lowest BCUT2D eigenvalue weighted by Gasteiger charge is -2.43. The molecule has 0 saturated heterocycles. The Kier molecular flexibility index (Phi) is 7.38. The van der Waals surface area contributed by atoms with Gasteiger partial charge in [0, 0.05) is 13.1 Å². The van der Waals surface area contributed by atoms with Crippen molar-refractivity contribution >= 4 is 0 Å². The van der Waals surface area contributed by atoms with Gasteiger partial charge in [0.25, 0.3) is 0 Å². The average Bonchev–Trinajstić information content (AvgIpc) is 2.39. The van der Waals surface area contributed by atoms with Gasteiger partial charge in [-0.2, -0.15) is 0 Å². The molecule has 0 bridgehead atoms. The summed E-state index contributed by atoms with van der Waals surface area (Å²) in [7, 11) is 0. The van der Waals surface area contributed by atoms with Gasteiger partial charge in [0.15, 0.2) is 0 Å². The largest absolute Gasteiger partial charge is 0.316 e. The number of hydrogen-bond donors (Lipinski definition) is 1. The van der Waals surface area contributed by atoms with Crippen LogP contribution in [0.1, 0.15) is 60.3 Å². The summed E-state index contributed by atoms with van der Waals surface area (Å²) in [4.78, 5) is 2.62. The van der Waals surface area contributed by atoms with E-state index in [-0.39, 0.29) is 0 Å². The minimum absolute atomic E-state index is 0.535. The lowest BCUT2D eigenvalue weighted by Crippen LogP contribution is -2.46. The molecular formula is C17H36N2. The smallest absolute Gasteiger partial charge is 0.00499 e. The van der Waals surface area contributed by atoms with E-state index < -0.39 is 0 Å². The lowest BCUT2D eigenvalue weighted by atomic mass is 9.70. The van der Waals surface area contributed by atoms with Crippen molar-refractivity contribution in [1.29, 1.82) is 0 Å². The third-order valence-electron chi connectivity index (χ3n) is 4.84. The number of nitrogens with one attached hydrogen (secondary N) is 1. The van der Waals surface area contributed by atoms with Gasteiger partial charge in [0.2, 0.25) is 0 Å². The van der Waals surface area contributed by atoms with Gasteiger partial charge < -0.3 is 10.2 Å². The van der Waals surface area contributed by atoms with E-state index in [1.165, 1.54) is 51.9 Å². The fourth-order valence-corrected chi connectivity index (χ4v) is 3.31. The van der Waals surface area contributed by atoms with Crippen LogP contribution in [-0.2, 0) is 0 Å². The molecule has 2 heteroatoms. The monoisotopic (exact) mass is 268 g/mol. The molecule has 0 heterocycles. The molecule has 1 rings (SSSR count). The normalized spacial score (nSPS) is 28.3. The Morgan fingerprint density at radius 2 is 1.74 bits per heavy atom. The van der Waals surface area contributed by atoms with E-state index >= 15 is 0 Å². The molecule has 19 heavy (non-hydrogen) atoms. The van der Waals surface area contributed by atoms with E-state index in [1.807, 2.05) is 0 Å². The maximum Gasteiger partial charge on any atom is 0.00499 e. The average molecular weight is 268 g/mol. The van der Waals surface area contributed by atoms with E-state index in [0.29, 0.717) is 5.41 Å². The van der Waals surface area contributed by atoms with E-state index in [2.05, 4.69) is 44.8 Å². The molecule has 0 unspecified atom stereocenters. The minimum atomic E-state index is 0.535. The quantitative estimate of drug-likeness (QED) is 0.721. The highest BCUT2D eigenvalue weighted by atomic mass is 15.1. The highest BCUT2D eigenvalue weighted by Crippen LogP contribution is 2.39. The molecule has 0 spiro atoms. The van der Waals surface area contributed by atoms with Crippen molar-refractivity contribution in [2.24, 2.45) is 17.3 Å². The summed E-state index contributed by atoms with van der Waals surface area (Å²) in [5, 5.41) is 3.74. The number of nitrogens with zero attached hydrogens (tertiary/aromatic N) is 1. The third kappa shape index (κ3) is 5.83. The zero-order valence-corrected chi connectivity index (χ0v) is 14.0. The Balaban J connectivity index is 2.56. The van der Waals surface area contributed by atoms with Crippen LogP contribution in [0.3, 0.4) is 0 Å². The van der Waals surface area contributed by atoms with Crippen LogP contribution in [0.2, 0.25) is 0 Å². The number of hydrogen-bond acceptors (Lipinski definition) is 2. The van der Waals surface area contributed by atoms with E-state index in [9.17, 15) is 0 Å². The molecule has 1 fully saturated rings. The molecule has 0 aromatic heterocycles. The molecule has 0 atom stereocenters. The van der Waals surface area contributed by atoms with Crippen LogP contribution in [0, 0.1) is 17.3 Å². The van der Waals surface area contributed by atoms with Crippen molar-refractivity contribution < 1.29 is 0 Å². The van der Waals surface area contributed by atoms with Gasteiger partial charge in [-0.1, -0.05) is 47.5 Å². The Morgan fingerprint density at radius 3 is 2.21 bits per heavy atom. The van der Waals surface area contributed by atoms with Crippen molar-refractivity contribution in [3.05, 3.63) is 0 Å². The maximum absolute atomic E-state index is 3.74. The topological polar surface area (TPSA) is 15.3 Å². The number of rotatable bonds is 8. The van der Waals surface area contributed by atoms with Crippen molar-refractivity contribution in [3.63, 3.8) is 0 Å². The Bertz CT molecular complexity index is 225. The minimum Gasteiger partial charge on any atom is -0.316 e. The molecule has 1 aliphatic carbocycles. The van der Waals surface area contributed by atoms with E-state index in [0.717, 1.165) is 18.4 Å². The summed E-state index contributed by atoms with van der Waals surface area (Å²) in [6.45, 7) is 17.7. The van der Waals surface area contributed by atoms with Gasteiger partial charge in [0.05, 0.1) is 0 Å². The van der Waals surface area contributed by atoms with Crippen LogP contribution in [0.5, 0.6) is 0 Å². The van der Waals surface area contributed by atoms with Gasteiger partial charge in [-0.15, -0.1) is 0 Å². The van der Waals surface area contributed by atoms with Gasteiger partial charge in [0.1, 0.15) is 0 Å². The van der Waals surface area contributed by atoms with Gasteiger partial charge >= 0.3 is 0 Å². The molecule has 1 saturated carbocycles. The van der Waals surface area contributed by atoms with Crippen molar-refractivity contribution in [1.82, 2.24) is 10.2 Å². The summed E-state index contributed by atoms with van der Waals surface area (Å²) in [5.41, 5.74) is 0.535. The maximum atomic E-state index is 3.74. The SMILES string of the molecule is CCN(CC)CC1(CNCC(C)C)CCC(C)CC1. The molecule has 114 valence electrons. The molecule has 1 N–H and O–H groups in total. The standard InChI is InChI=1S/C17H36N2/c1-6-19(7-2)14-17(13-18-12-15(3)4)10-8-16(5)9-11-17/h15-16,18H,6-14H2,1-5H3. The summed E-state index contributed by atoms with van der Waals surface area (Å²) in [6, 6.07) is 0. The predicted molar refractivity (Wildman–Crippen MR) is 85.6 cm³/mol. The van der Waals surface area contributed by atoms with Gasteiger partial charge in [-0.25, -0.2) is 0 Å². The van der Waals surface area contributed by atoms with Crippen LogP contribution in [0.25, 0.3) is 0 Å². The van der Waals surface area contributed by atoms with Crippen molar-refractivity contribution in [2.75, 3.05) is 32.7 Å². The second-order valence-electron chi connectivity index (χ2n) is 7.17. The molecule has 0 aliphatic heterocycles. The first-order valence-electron chi connectivity index (χ1n) is 8.44. The molecule has 2 nitrogen and oxygen atoms in total. The van der Waals surface area contributed by atoms with Gasteiger partial charge in [-0.3, -0.25) is 0 Å². The summed E-state index contributed by atoms with van der Waals surface area (Å²) >= 11 is 0. The first-order chi connectivity index (χ1) is 9.01. The van der Waals surface area contributed by atoms with Crippen LogP contribution in [0.4, 0.5) is 0 Å². The molecule has 1 aliphatic rings. The molecule has 0 amide bonds. The fourth-order valence-electron chi connectivity index (χ4n) is 3.31. The lowest BCUT2D eigenvalue weighted by molar-refractivity contribution is 0.0908. The first-order valence-corrected chi connectivity index (χ1v) is 8.44.